The van der Waals surface area contributed by atoms with Crippen molar-refractivity contribution in [2.45, 2.75) is 0 Å². The minimum atomic E-state index is 0. The van der Waals surface area contributed by atoms with Gasteiger partial charge in [0.05, 0.1) is 0 Å². The van der Waals surface area contributed by atoms with Gasteiger partial charge in [-0.2, -0.15) is 11.3 Å². The summed E-state index contributed by atoms with van der Waals surface area (Å²) in [6.45, 7) is 0. The van der Waals surface area contributed by atoms with Gasteiger partial charge in [0.1, 0.15) is 0 Å². The zero-order chi connectivity index (χ0) is 3.54. The van der Waals surface area contributed by atoms with E-state index >= 15 is 0 Å². The Kier molecular flexibility index (Phi) is 3.99. The molecule has 0 aliphatic rings. The zero-order valence-corrected chi connectivity index (χ0v) is 8.28. The molecule has 1 rings (SSSR count). The van der Waals surface area contributed by atoms with E-state index in [4.69, 9.17) is 0 Å². The van der Waals surface area contributed by atoms with Crippen LogP contribution in [0.4, 0.5) is 0 Å². The number of rotatable bonds is 0. The normalized spacial score (nSPS) is 6.67. The van der Waals surface area contributed by atoms with Crippen LogP contribution in [0.2, 0.25) is 0 Å². The van der Waals surface area contributed by atoms with Crippen LogP contribution in [-0.4, -0.2) is 23.9 Å². The van der Waals surface area contributed by atoms with Gasteiger partial charge >= 0.3 is 23.9 Å². The van der Waals surface area contributed by atoms with Crippen LogP contribution < -0.4 is 0 Å². The van der Waals surface area contributed by atoms with E-state index in [2.05, 4.69) is 0 Å². The quantitative estimate of drug-likeness (QED) is 0.550. The number of hydrogen-bond acceptors (Lipinski definition) is 1. The van der Waals surface area contributed by atoms with Crippen LogP contribution in [0.3, 0.4) is 0 Å². The second kappa shape index (κ2) is 3.68. The first-order chi connectivity index (χ1) is 2.50. The van der Waals surface area contributed by atoms with Crippen LogP contribution in [0.1, 0.15) is 0 Å². The largest absolute Gasteiger partial charge is 0.152 e. The Labute approximate surface area is 58.2 Å². The van der Waals surface area contributed by atoms with Crippen LogP contribution >= 0.6 is 11.3 Å². The fourth-order valence-corrected chi connectivity index (χ4v) is 0.680. The van der Waals surface area contributed by atoms with Crippen molar-refractivity contribution >= 4 is 35.2 Å². The standard InChI is InChI=1S/C4H4S.Sn.2H/c1-2-4-5-3-1;;;/h1-4H;;;. The molecule has 1 aromatic rings. The molecule has 0 fully saturated rings. The summed E-state index contributed by atoms with van der Waals surface area (Å²) in [5.41, 5.74) is 0. The van der Waals surface area contributed by atoms with E-state index < -0.39 is 0 Å². The molecule has 0 saturated carbocycles. The summed E-state index contributed by atoms with van der Waals surface area (Å²) in [6.07, 6.45) is 0. The molecular formula is C4H6SSn. The maximum atomic E-state index is 2.04. The molecule has 0 amide bonds. The Morgan fingerprint density at radius 1 is 1.00 bits per heavy atom. The average molecular weight is 205 g/mol. The van der Waals surface area contributed by atoms with E-state index in [0.29, 0.717) is 0 Å². The average Bonchev–Trinajstić information content (AvgIpc) is 1.76. The van der Waals surface area contributed by atoms with E-state index in [0.717, 1.165) is 0 Å². The fraction of sp³-hybridized carbons (Fsp3) is 0. The van der Waals surface area contributed by atoms with Gasteiger partial charge in [-0.05, 0) is 10.8 Å². The van der Waals surface area contributed by atoms with Gasteiger partial charge in [-0.15, -0.1) is 0 Å². The summed E-state index contributed by atoms with van der Waals surface area (Å²) < 4.78 is 0. The Morgan fingerprint density at radius 3 is 1.67 bits per heavy atom. The maximum Gasteiger partial charge on any atom is -0.00934 e. The van der Waals surface area contributed by atoms with Crippen molar-refractivity contribution in [3.05, 3.63) is 22.9 Å². The summed E-state index contributed by atoms with van der Waals surface area (Å²) in [5, 5.41) is 4.08. The van der Waals surface area contributed by atoms with Crippen LogP contribution in [0.25, 0.3) is 0 Å². The molecule has 0 N–H and O–H groups in total. The SMILES string of the molecule is [SnH2].c1ccsc1. The van der Waals surface area contributed by atoms with Gasteiger partial charge in [0.15, 0.2) is 0 Å². The van der Waals surface area contributed by atoms with Crippen molar-refractivity contribution in [3.8, 4) is 0 Å². The minimum absolute atomic E-state index is 0. The first kappa shape index (κ1) is 6.50. The Morgan fingerprint density at radius 2 is 1.50 bits per heavy atom. The topological polar surface area (TPSA) is 0 Å². The zero-order valence-electron chi connectivity index (χ0n) is 3.42. The molecule has 0 aromatic carbocycles. The Balaban J connectivity index is 0.000000250. The molecule has 1 heterocycles. The predicted molar refractivity (Wildman–Crippen MR) is 32.9 cm³/mol. The molecule has 0 spiro atoms. The van der Waals surface area contributed by atoms with Crippen molar-refractivity contribution in [3.63, 3.8) is 0 Å². The second-order valence-corrected chi connectivity index (χ2v) is 1.61. The molecule has 2 radical (unpaired) electrons. The maximum absolute atomic E-state index is 2.04. The Bertz CT molecular complexity index is 64.0. The number of thiophene rings is 1. The van der Waals surface area contributed by atoms with Crippen molar-refractivity contribution in [2.24, 2.45) is 0 Å². The molecule has 0 nitrogen and oxygen atoms in total. The number of hydrogen-bond donors (Lipinski definition) is 0. The summed E-state index contributed by atoms with van der Waals surface area (Å²) in [7, 11) is 0. The summed E-state index contributed by atoms with van der Waals surface area (Å²) in [6, 6.07) is 4.04. The predicted octanol–water partition coefficient (Wildman–Crippen LogP) is 0.832. The molecule has 1 aromatic heterocycles. The molecule has 0 aliphatic carbocycles. The van der Waals surface area contributed by atoms with Gasteiger partial charge < -0.3 is 0 Å². The third-order valence-corrected chi connectivity index (χ3v) is 1.05. The molecule has 2 heteroatoms. The van der Waals surface area contributed by atoms with Crippen molar-refractivity contribution in [1.29, 1.82) is 0 Å². The molecule has 0 atom stereocenters. The van der Waals surface area contributed by atoms with Crippen LogP contribution in [0.5, 0.6) is 0 Å². The molecule has 0 saturated heterocycles. The first-order valence-corrected chi connectivity index (χ1v) is 2.41. The molecule has 6 heavy (non-hydrogen) atoms. The monoisotopic (exact) mass is 206 g/mol. The molecule has 0 unspecified atom stereocenters. The summed E-state index contributed by atoms with van der Waals surface area (Å²) in [5.74, 6) is 0. The third kappa shape index (κ3) is 1.82. The van der Waals surface area contributed by atoms with E-state index in [9.17, 15) is 0 Å². The van der Waals surface area contributed by atoms with E-state index in [1.54, 1.807) is 11.3 Å². The van der Waals surface area contributed by atoms with Crippen LogP contribution in [0, 0.1) is 0 Å². The van der Waals surface area contributed by atoms with E-state index in [1.165, 1.54) is 0 Å². The Hall–Kier alpha value is 0.499. The van der Waals surface area contributed by atoms with Gasteiger partial charge in [0.25, 0.3) is 0 Å². The van der Waals surface area contributed by atoms with E-state index in [1.807, 2.05) is 22.9 Å². The van der Waals surface area contributed by atoms with E-state index in [-0.39, 0.29) is 23.9 Å². The van der Waals surface area contributed by atoms with Crippen molar-refractivity contribution in [2.75, 3.05) is 0 Å². The van der Waals surface area contributed by atoms with Gasteiger partial charge in [0.2, 0.25) is 0 Å². The third-order valence-electron chi connectivity index (χ3n) is 0.425. The van der Waals surface area contributed by atoms with Gasteiger partial charge in [-0.1, -0.05) is 12.1 Å². The van der Waals surface area contributed by atoms with Crippen LogP contribution in [0.15, 0.2) is 22.9 Å². The fourth-order valence-electron chi connectivity index (χ4n) is 0.227. The van der Waals surface area contributed by atoms with Crippen molar-refractivity contribution in [1.82, 2.24) is 0 Å². The smallest absolute Gasteiger partial charge is 0.00934 e. The second-order valence-electron chi connectivity index (χ2n) is 0.793. The summed E-state index contributed by atoms with van der Waals surface area (Å²) >= 11 is 1.71. The minimum Gasteiger partial charge on any atom is -0.152 e. The molecule has 0 bridgehead atoms. The molecule has 0 aliphatic heterocycles. The van der Waals surface area contributed by atoms with Gasteiger partial charge in [0, 0.05) is 0 Å². The van der Waals surface area contributed by atoms with Gasteiger partial charge in [-0.25, -0.2) is 0 Å². The first-order valence-electron chi connectivity index (χ1n) is 1.47. The van der Waals surface area contributed by atoms with Crippen molar-refractivity contribution < 1.29 is 0 Å². The molecular weight excluding hydrogens is 199 g/mol. The van der Waals surface area contributed by atoms with Gasteiger partial charge in [-0.3, -0.25) is 0 Å². The van der Waals surface area contributed by atoms with Crippen LogP contribution in [-0.2, 0) is 0 Å². The summed E-state index contributed by atoms with van der Waals surface area (Å²) in [4.78, 5) is 0. The molecule has 32 valence electrons.